The second kappa shape index (κ2) is 6.03. The van der Waals surface area contributed by atoms with Crippen LogP contribution < -0.4 is 0 Å². The van der Waals surface area contributed by atoms with Crippen LogP contribution in [0.25, 0.3) is 11.4 Å². The first-order chi connectivity index (χ1) is 10.3. The van der Waals surface area contributed by atoms with Gasteiger partial charge in [0.05, 0.1) is 0 Å². The lowest BCUT2D eigenvalue weighted by Crippen LogP contribution is -2.31. The summed E-state index contributed by atoms with van der Waals surface area (Å²) in [6.07, 6.45) is 4.63. The summed E-state index contributed by atoms with van der Waals surface area (Å²) >= 11 is 0. The highest BCUT2D eigenvalue weighted by molar-refractivity contribution is 5.95. The van der Waals surface area contributed by atoms with Crippen LogP contribution in [0.5, 0.6) is 0 Å². The number of hydrogen-bond donors (Lipinski definition) is 0. The van der Waals surface area contributed by atoms with Gasteiger partial charge in [-0.05, 0) is 35.4 Å². The molecule has 0 bridgehead atoms. The van der Waals surface area contributed by atoms with Crippen molar-refractivity contribution in [3.8, 4) is 11.4 Å². The van der Waals surface area contributed by atoms with E-state index in [1.165, 1.54) is 12.8 Å². The molecule has 0 unspecified atom stereocenters. The number of rotatable bonds is 2. The molecule has 0 aliphatic carbocycles. The van der Waals surface area contributed by atoms with E-state index in [2.05, 4.69) is 15.5 Å². The number of benzene rings is 1. The zero-order valence-corrected chi connectivity index (χ0v) is 12.2. The third kappa shape index (κ3) is 2.94. The highest BCUT2D eigenvalue weighted by atomic mass is 16.2. The summed E-state index contributed by atoms with van der Waals surface area (Å²) in [7, 11) is 1.79. The Morgan fingerprint density at radius 3 is 2.57 bits per heavy atom. The molecule has 6 nitrogen and oxygen atoms in total. The number of nitrogens with zero attached hydrogens (tertiary/aromatic N) is 5. The molecule has 1 fully saturated rings. The quantitative estimate of drug-likeness (QED) is 0.845. The van der Waals surface area contributed by atoms with Crippen molar-refractivity contribution < 1.29 is 4.79 Å². The molecule has 0 radical (unpaired) electrons. The van der Waals surface area contributed by atoms with E-state index in [0.717, 1.165) is 31.5 Å². The maximum Gasteiger partial charge on any atom is 0.253 e. The molecule has 0 atom stereocenters. The van der Waals surface area contributed by atoms with Crippen molar-refractivity contribution in [1.29, 1.82) is 0 Å². The largest absolute Gasteiger partial charge is 0.339 e. The van der Waals surface area contributed by atoms with E-state index in [0.29, 0.717) is 11.4 Å². The molecule has 0 spiro atoms. The van der Waals surface area contributed by atoms with Gasteiger partial charge < -0.3 is 4.90 Å². The van der Waals surface area contributed by atoms with E-state index < -0.39 is 0 Å². The molecule has 3 rings (SSSR count). The molecule has 1 aromatic heterocycles. The summed E-state index contributed by atoms with van der Waals surface area (Å²) in [5, 5.41) is 11.5. The topological polar surface area (TPSA) is 63.9 Å². The van der Waals surface area contributed by atoms with Crippen molar-refractivity contribution in [2.75, 3.05) is 13.1 Å². The summed E-state index contributed by atoms with van der Waals surface area (Å²) < 4.78 is 1.61. The van der Waals surface area contributed by atoms with Gasteiger partial charge in [-0.15, -0.1) is 5.10 Å². The summed E-state index contributed by atoms with van der Waals surface area (Å²) in [5.41, 5.74) is 1.57. The fraction of sp³-hybridized carbons (Fsp3) is 0.467. The molecule has 1 amide bonds. The highest BCUT2D eigenvalue weighted by Gasteiger charge is 2.18. The zero-order chi connectivity index (χ0) is 14.7. The lowest BCUT2D eigenvalue weighted by Gasteiger charge is -2.20. The van der Waals surface area contributed by atoms with Crippen LogP contribution in [0, 0.1) is 0 Å². The van der Waals surface area contributed by atoms with Gasteiger partial charge in [0.2, 0.25) is 0 Å². The molecule has 2 aromatic rings. The van der Waals surface area contributed by atoms with E-state index in [4.69, 9.17) is 0 Å². The molecule has 110 valence electrons. The van der Waals surface area contributed by atoms with Crippen molar-refractivity contribution in [1.82, 2.24) is 25.1 Å². The minimum absolute atomic E-state index is 0.105. The Morgan fingerprint density at radius 1 is 1.14 bits per heavy atom. The summed E-state index contributed by atoms with van der Waals surface area (Å²) in [5.74, 6) is 0.773. The Bertz CT molecular complexity index is 628. The van der Waals surface area contributed by atoms with E-state index in [1.807, 2.05) is 29.2 Å². The van der Waals surface area contributed by atoms with Crippen molar-refractivity contribution >= 4 is 5.91 Å². The number of aryl methyl sites for hydroxylation is 1. The predicted molar refractivity (Wildman–Crippen MR) is 78.6 cm³/mol. The van der Waals surface area contributed by atoms with Gasteiger partial charge in [0.15, 0.2) is 5.82 Å². The fourth-order valence-corrected chi connectivity index (χ4v) is 2.72. The molecule has 1 saturated heterocycles. The maximum atomic E-state index is 12.6. The van der Waals surface area contributed by atoms with Crippen LogP contribution in [-0.2, 0) is 7.05 Å². The SMILES string of the molecule is Cn1nnnc1-c1cccc(C(=O)N2CCCCCC2)c1. The Balaban J connectivity index is 1.85. The zero-order valence-electron chi connectivity index (χ0n) is 12.2. The third-order valence-electron chi connectivity index (χ3n) is 3.88. The molecule has 1 aromatic carbocycles. The van der Waals surface area contributed by atoms with Gasteiger partial charge in [0, 0.05) is 31.3 Å². The molecular formula is C15H19N5O. The molecule has 1 aliphatic heterocycles. The summed E-state index contributed by atoms with van der Waals surface area (Å²) in [6.45, 7) is 1.71. The number of likely N-dealkylation sites (tertiary alicyclic amines) is 1. The number of hydrogen-bond acceptors (Lipinski definition) is 4. The van der Waals surface area contributed by atoms with Gasteiger partial charge in [-0.25, -0.2) is 4.68 Å². The molecule has 0 N–H and O–H groups in total. The number of amides is 1. The third-order valence-corrected chi connectivity index (χ3v) is 3.88. The van der Waals surface area contributed by atoms with Crippen molar-refractivity contribution in [2.45, 2.75) is 25.7 Å². The lowest BCUT2D eigenvalue weighted by molar-refractivity contribution is 0.0761. The van der Waals surface area contributed by atoms with E-state index in [9.17, 15) is 4.79 Å². The number of aromatic nitrogens is 4. The van der Waals surface area contributed by atoms with E-state index in [-0.39, 0.29) is 5.91 Å². The average molecular weight is 285 g/mol. The molecular weight excluding hydrogens is 266 g/mol. The van der Waals surface area contributed by atoms with Gasteiger partial charge >= 0.3 is 0 Å². The lowest BCUT2D eigenvalue weighted by atomic mass is 10.1. The first-order valence-electron chi connectivity index (χ1n) is 7.38. The Kier molecular flexibility index (Phi) is 3.94. The molecule has 6 heteroatoms. The molecule has 21 heavy (non-hydrogen) atoms. The summed E-state index contributed by atoms with van der Waals surface area (Å²) in [6, 6.07) is 7.54. The van der Waals surface area contributed by atoms with Gasteiger partial charge in [-0.3, -0.25) is 4.79 Å². The fourth-order valence-electron chi connectivity index (χ4n) is 2.72. The molecule has 0 saturated carbocycles. The standard InChI is InChI=1S/C15H19N5O/c1-19-14(16-17-18-19)12-7-6-8-13(11-12)15(21)20-9-4-2-3-5-10-20/h6-8,11H,2-5,9-10H2,1H3. The van der Waals surface area contributed by atoms with Crippen LogP contribution >= 0.6 is 0 Å². The second-order valence-electron chi connectivity index (χ2n) is 5.41. The first-order valence-corrected chi connectivity index (χ1v) is 7.38. The van der Waals surface area contributed by atoms with Crippen LogP contribution in [0.3, 0.4) is 0 Å². The minimum atomic E-state index is 0.105. The Labute approximate surface area is 123 Å². The Hall–Kier alpha value is -2.24. The monoisotopic (exact) mass is 285 g/mol. The molecule has 1 aliphatic rings. The van der Waals surface area contributed by atoms with Crippen molar-refractivity contribution in [3.63, 3.8) is 0 Å². The van der Waals surface area contributed by atoms with Gasteiger partial charge in [-0.2, -0.15) is 0 Å². The second-order valence-corrected chi connectivity index (χ2v) is 5.41. The highest BCUT2D eigenvalue weighted by Crippen LogP contribution is 2.19. The van der Waals surface area contributed by atoms with Crippen LogP contribution in [-0.4, -0.2) is 44.1 Å². The number of carbonyl (C=O) groups is 1. The number of tetrazole rings is 1. The average Bonchev–Trinajstić information content (AvgIpc) is 2.77. The van der Waals surface area contributed by atoms with Crippen LogP contribution in [0.15, 0.2) is 24.3 Å². The number of carbonyl (C=O) groups excluding carboxylic acids is 1. The van der Waals surface area contributed by atoms with E-state index in [1.54, 1.807) is 11.7 Å². The smallest absolute Gasteiger partial charge is 0.253 e. The minimum Gasteiger partial charge on any atom is -0.339 e. The Morgan fingerprint density at radius 2 is 1.90 bits per heavy atom. The van der Waals surface area contributed by atoms with Crippen molar-refractivity contribution in [2.24, 2.45) is 7.05 Å². The van der Waals surface area contributed by atoms with Gasteiger partial charge in [-0.1, -0.05) is 25.0 Å². The van der Waals surface area contributed by atoms with Crippen LogP contribution in [0.4, 0.5) is 0 Å². The maximum absolute atomic E-state index is 12.6. The van der Waals surface area contributed by atoms with Crippen LogP contribution in [0.2, 0.25) is 0 Å². The summed E-state index contributed by atoms with van der Waals surface area (Å²) in [4.78, 5) is 14.6. The normalized spacial score (nSPS) is 15.8. The van der Waals surface area contributed by atoms with Crippen molar-refractivity contribution in [3.05, 3.63) is 29.8 Å². The first kappa shape index (κ1) is 13.7. The van der Waals surface area contributed by atoms with Gasteiger partial charge in [0.25, 0.3) is 5.91 Å². The van der Waals surface area contributed by atoms with Gasteiger partial charge in [0.1, 0.15) is 0 Å². The predicted octanol–water partition coefficient (Wildman–Crippen LogP) is 1.89. The van der Waals surface area contributed by atoms with E-state index >= 15 is 0 Å². The van der Waals surface area contributed by atoms with Crippen LogP contribution in [0.1, 0.15) is 36.0 Å². The molecule has 2 heterocycles.